The summed E-state index contributed by atoms with van der Waals surface area (Å²) in [4.78, 5) is 37.3. The van der Waals surface area contributed by atoms with E-state index in [2.05, 4.69) is 20.8 Å². The molecule has 9 nitrogen and oxygen atoms in total. The molecular weight excluding hydrogens is 448 g/mol. The summed E-state index contributed by atoms with van der Waals surface area (Å²) in [6.45, 7) is 5.42. The maximum atomic E-state index is 12.5. The Morgan fingerprint density at radius 2 is 1.80 bits per heavy atom. The number of rotatable bonds is 10. The SMILES string of the molecule is CCOC(=O)c1sc(NC(=O)CSc2nnc(NC3CC3)s2)c(C(=O)OCC)c1C. The van der Waals surface area contributed by atoms with E-state index in [0.29, 0.717) is 15.9 Å². The summed E-state index contributed by atoms with van der Waals surface area (Å²) in [5.41, 5.74) is 0.606. The first-order valence-electron chi connectivity index (χ1n) is 9.43. The molecule has 1 saturated carbocycles. The van der Waals surface area contributed by atoms with Gasteiger partial charge in [0.15, 0.2) is 4.34 Å². The van der Waals surface area contributed by atoms with Crippen molar-refractivity contribution in [3.05, 3.63) is 16.0 Å². The quantitative estimate of drug-likeness (QED) is 0.397. The molecule has 0 saturated heterocycles. The van der Waals surface area contributed by atoms with Gasteiger partial charge in [-0.15, -0.1) is 21.5 Å². The molecule has 0 unspecified atom stereocenters. The second-order valence-electron chi connectivity index (χ2n) is 6.33. The topological polar surface area (TPSA) is 120 Å². The van der Waals surface area contributed by atoms with Crippen LogP contribution in [-0.2, 0) is 14.3 Å². The molecule has 3 rings (SSSR count). The molecule has 1 aliphatic carbocycles. The zero-order valence-electron chi connectivity index (χ0n) is 16.8. The summed E-state index contributed by atoms with van der Waals surface area (Å²) in [6.07, 6.45) is 2.28. The van der Waals surface area contributed by atoms with Crippen LogP contribution in [0.5, 0.6) is 0 Å². The summed E-state index contributed by atoms with van der Waals surface area (Å²) < 4.78 is 10.8. The van der Waals surface area contributed by atoms with Gasteiger partial charge in [-0.25, -0.2) is 9.59 Å². The van der Waals surface area contributed by atoms with Gasteiger partial charge in [-0.2, -0.15) is 0 Å². The lowest BCUT2D eigenvalue weighted by atomic mass is 10.1. The highest BCUT2D eigenvalue weighted by Crippen LogP contribution is 2.35. The van der Waals surface area contributed by atoms with Crippen molar-refractivity contribution in [2.75, 3.05) is 29.6 Å². The lowest BCUT2D eigenvalue weighted by Crippen LogP contribution is -2.16. The summed E-state index contributed by atoms with van der Waals surface area (Å²) in [6, 6.07) is 0.482. The van der Waals surface area contributed by atoms with Crippen molar-refractivity contribution < 1.29 is 23.9 Å². The number of aromatic nitrogens is 2. The van der Waals surface area contributed by atoms with Crippen LogP contribution >= 0.6 is 34.4 Å². The van der Waals surface area contributed by atoms with Gasteiger partial charge >= 0.3 is 11.9 Å². The number of carbonyl (C=O) groups excluding carboxylic acids is 3. The van der Waals surface area contributed by atoms with Crippen molar-refractivity contribution >= 4 is 62.4 Å². The molecule has 30 heavy (non-hydrogen) atoms. The summed E-state index contributed by atoms with van der Waals surface area (Å²) in [7, 11) is 0. The van der Waals surface area contributed by atoms with E-state index in [1.807, 2.05) is 0 Å². The molecule has 0 radical (unpaired) electrons. The third-order valence-electron chi connectivity index (χ3n) is 3.98. The van der Waals surface area contributed by atoms with Crippen LogP contribution < -0.4 is 10.6 Å². The molecular formula is C18H22N4O5S3. The van der Waals surface area contributed by atoms with E-state index in [1.54, 1.807) is 20.8 Å². The van der Waals surface area contributed by atoms with Crippen molar-refractivity contribution in [2.24, 2.45) is 0 Å². The number of ether oxygens (including phenoxy) is 2. The average molecular weight is 471 g/mol. The van der Waals surface area contributed by atoms with E-state index in [1.165, 1.54) is 23.1 Å². The number of esters is 2. The van der Waals surface area contributed by atoms with Gasteiger partial charge in [0.05, 0.1) is 24.5 Å². The first kappa shape index (κ1) is 22.5. The van der Waals surface area contributed by atoms with Crippen molar-refractivity contribution in [3.63, 3.8) is 0 Å². The predicted molar refractivity (Wildman–Crippen MR) is 117 cm³/mol. The smallest absolute Gasteiger partial charge is 0.348 e. The largest absolute Gasteiger partial charge is 0.462 e. The maximum absolute atomic E-state index is 12.5. The third kappa shape index (κ3) is 5.70. The first-order valence-corrected chi connectivity index (χ1v) is 12.0. The molecule has 0 bridgehead atoms. The molecule has 0 aromatic carbocycles. The minimum Gasteiger partial charge on any atom is -0.462 e. The van der Waals surface area contributed by atoms with Crippen molar-refractivity contribution in [3.8, 4) is 0 Å². The lowest BCUT2D eigenvalue weighted by molar-refractivity contribution is -0.113. The maximum Gasteiger partial charge on any atom is 0.348 e. The molecule has 1 fully saturated rings. The van der Waals surface area contributed by atoms with Gasteiger partial charge in [0, 0.05) is 6.04 Å². The highest BCUT2D eigenvalue weighted by molar-refractivity contribution is 8.01. The van der Waals surface area contributed by atoms with Crippen molar-refractivity contribution in [2.45, 2.75) is 44.0 Å². The highest BCUT2D eigenvalue weighted by Gasteiger charge is 2.27. The summed E-state index contributed by atoms with van der Waals surface area (Å²) in [5, 5.41) is 15.1. The fourth-order valence-electron chi connectivity index (χ4n) is 2.46. The van der Waals surface area contributed by atoms with E-state index in [9.17, 15) is 14.4 Å². The fourth-order valence-corrected chi connectivity index (χ4v) is 5.19. The number of carbonyl (C=O) groups is 3. The normalized spacial score (nSPS) is 13.0. The van der Waals surface area contributed by atoms with Crippen LogP contribution in [0.25, 0.3) is 0 Å². The Kier molecular flexibility index (Phi) is 7.67. The lowest BCUT2D eigenvalue weighted by Gasteiger charge is -2.06. The number of nitrogens with zero attached hydrogens (tertiary/aromatic N) is 2. The number of nitrogens with one attached hydrogen (secondary N) is 2. The molecule has 162 valence electrons. The molecule has 0 aliphatic heterocycles. The second-order valence-corrected chi connectivity index (χ2v) is 9.55. The minimum atomic E-state index is -0.593. The molecule has 1 amide bonds. The molecule has 2 aromatic heterocycles. The van der Waals surface area contributed by atoms with Crippen LogP contribution in [0.3, 0.4) is 0 Å². The Labute approximate surface area is 185 Å². The number of thioether (sulfide) groups is 1. The molecule has 2 aromatic rings. The van der Waals surface area contributed by atoms with Crippen LogP contribution in [0.1, 0.15) is 52.3 Å². The number of hydrogen-bond acceptors (Lipinski definition) is 11. The second kappa shape index (κ2) is 10.2. The molecule has 12 heteroatoms. The van der Waals surface area contributed by atoms with Gasteiger partial charge < -0.3 is 20.1 Å². The molecule has 1 aliphatic rings. The van der Waals surface area contributed by atoms with Gasteiger partial charge in [0.25, 0.3) is 0 Å². The summed E-state index contributed by atoms with van der Waals surface area (Å²) in [5.74, 6) is -1.37. The van der Waals surface area contributed by atoms with Gasteiger partial charge in [0.2, 0.25) is 11.0 Å². The fraction of sp³-hybridized carbons (Fsp3) is 0.500. The van der Waals surface area contributed by atoms with Crippen LogP contribution in [0.2, 0.25) is 0 Å². The highest BCUT2D eigenvalue weighted by atomic mass is 32.2. The number of amides is 1. The van der Waals surface area contributed by atoms with E-state index < -0.39 is 11.9 Å². The van der Waals surface area contributed by atoms with Gasteiger partial charge in [-0.1, -0.05) is 23.1 Å². The Morgan fingerprint density at radius 3 is 2.47 bits per heavy atom. The van der Waals surface area contributed by atoms with Crippen LogP contribution in [0.4, 0.5) is 10.1 Å². The molecule has 0 spiro atoms. The monoisotopic (exact) mass is 470 g/mol. The van der Waals surface area contributed by atoms with E-state index in [-0.39, 0.29) is 40.3 Å². The Hall–Kier alpha value is -2.18. The Bertz CT molecular complexity index is 938. The Morgan fingerprint density at radius 1 is 1.10 bits per heavy atom. The van der Waals surface area contributed by atoms with Gasteiger partial charge in [-0.05, 0) is 39.2 Å². The van der Waals surface area contributed by atoms with E-state index in [4.69, 9.17) is 9.47 Å². The predicted octanol–water partition coefficient (Wildman–Crippen LogP) is 3.57. The van der Waals surface area contributed by atoms with E-state index in [0.717, 1.165) is 29.3 Å². The van der Waals surface area contributed by atoms with Gasteiger partial charge in [-0.3, -0.25) is 4.79 Å². The number of thiophene rings is 1. The molecule has 0 atom stereocenters. The zero-order valence-corrected chi connectivity index (χ0v) is 19.2. The third-order valence-corrected chi connectivity index (χ3v) is 7.15. The Balaban J connectivity index is 1.67. The first-order chi connectivity index (χ1) is 14.4. The van der Waals surface area contributed by atoms with E-state index >= 15 is 0 Å². The van der Waals surface area contributed by atoms with Gasteiger partial charge in [0.1, 0.15) is 9.88 Å². The number of anilines is 2. The molecule has 2 N–H and O–H groups in total. The van der Waals surface area contributed by atoms with Crippen LogP contribution in [0.15, 0.2) is 4.34 Å². The summed E-state index contributed by atoms with van der Waals surface area (Å²) >= 11 is 3.66. The standard InChI is InChI=1S/C18H22N4O5S3/c1-4-26-15(24)12-9(3)13(16(25)27-5-2)29-14(12)20-11(23)8-28-18-22-21-17(30-18)19-10-6-7-10/h10H,4-8H2,1-3H3,(H,19,21)(H,20,23). The van der Waals surface area contributed by atoms with Crippen molar-refractivity contribution in [1.29, 1.82) is 0 Å². The minimum absolute atomic E-state index is 0.0893. The zero-order chi connectivity index (χ0) is 21.7. The van der Waals surface area contributed by atoms with Crippen molar-refractivity contribution in [1.82, 2.24) is 10.2 Å². The average Bonchev–Trinajstić information content (AvgIpc) is 3.29. The van der Waals surface area contributed by atoms with Crippen LogP contribution in [0, 0.1) is 6.92 Å². The molecule has 2 heterocycles. The number of hydrogen-bond donors (Lipinski definition) is 2. The van der Waals surface area contributed by atoms with Crippen LogP contribution in [-0.4, -0.2) is 53.1 Å².